The largest absolute Gasteiger partial charge is 0.493 e. The first-order chi connectivity index (χ1) is 11.4. The lowest BCUT2D eigenvalue weighted by Gasteiger charge is -2.15. The van der Waals surface area contributed by atoms with E-state index in [1.54, 1.807) is 12.1 Å². The Labute approximate surface area is 147 Å². The van der Waals surface area contributed by atoms with Gasteiger partial charge in [-0.3, -0.25) is 4.79 Å². The Kier molecular flexibility index (Phi) is 6.10. The molecule has 0 spiro atoms. The third kappa shape index (κ3) is 4.42. The summed E-state index contributed by atoms with van der Waals surface area (Å²) in [6.07, 6.45) is 0. The number of para-hydroxylation sites is 1. The number of rotatable bonds is 6. The van der Waals surface area contributed by atoms with E-state index in [1.807, 2.05) is 45.0 Å². The van der Waals surface area contributed by atoms with Gasteiger partial charge in [0.05, 0.1) is 18.7 Å². The van der Waals surface area contributed by atoms with Gasteiger partial charge in [-0.15, -0.1) is 0 Å². The summed E-state index contributed by atoms with van der Waals surface area (Å²) in [6.45, 7) is 6.55. The molecular weight excluding hydrogens is 326 g/mol. The van der Waals surface area contributed by atoms with Crippen molar-refractivity contribution in [3.05, 3.63) is 52.5 Å². The molecule has 24 heavy (non-hydrogen) atoms. The van der Waals surface area contributed by atoms with Gasteiger partial charge in [-0.05, 0) is 36.6 Å². The Morgan fingerprint density at radius 1 is 1.25 bits per heavy atom. The van der Waals surface area contributed by atoms with Crippen molar-refractivity contribution in [2.24, 2.45) is 5.92 Å². The van der Waals surface area contributed by atoms with Crippen LogP contribution in [0.25, 0.3) is 0 Å². The molecule has 0 atom stereocenters. The average molecular weight is 348 g/mol. The highest BCUT2D eigenvalue weighted by molar-refractivity contribution is 6.32. The van der Waals surface area contributed by atoms with E-state index in [-0.39, 0.29) is 5.91 Å². The summed E-state index contributed by atoms with van der Waals surface area (Å²) >= 11 is 6.29. The number of carbonyl (C=O) groups is 1. The summed E-state index contributed by atoms with van der Waals surface area (Å²) in [6, 6.07) is 10.8. The first-order valence-corrected chi connectivity index (χ1v) is 8.17. The predicted octanol–water partition coefficient (Wildman–Crippen LogP) is 4.94. The van der Waals surface area contributed by atoms with Crippen LogP contribution in [0.5, 0.6) is 11.5 Å². The van der Waals surface area contributed by atoms with Crippen molar-refractivity contribution in [1.82, 2.24) is 0 Å². The van der Waals surface area contributed by atoms with Crippen LogP contribution in [-0.2, 0) is 0 Å². The Morgan fingerprint density at radius 3 is 2.58 bits per heavy atom. The summed E-state index contributed by atoms with van der Waals surface area (Å²) in [5.74, 6) is 1.01. The maximum Gasteiger partial charge on any atom is 0.255 e. The van der Waals surface area contributed by atoms with Crippen LogP contribution in [0, 0.1) is 12.8 Å². The van der Waals surface area contributed by atoms with E-state index in [9.17, 15) is 4.79 Å². The second kappa shape index (κ2) is 8.06. The standard InChI is InChI=1S/C19H22ClNO3/c1-12(2)11-24-18-15(20)9-14(10-17(18)23-4)19(22)21-16-8-6-5-7-13(16)3/h5-10,12H,11H2,1-4H3,(H,21,22). The normalized spacial score (nSPS) is 10.6. The fourth-order valence-corrected chi connectivity index (χ4v) is 2.41. The lowest BCUT2D eigenvalue weighted by atomic mass is 10.1. The van der Waals surface area contributed by atoms with Gasteiger partial charge in [0.1, 0.15) is 0 Å². The summed E-state index contributed by atoms with van der Waals surface area (Å²) in [5, 5.41) is 3.23. The van der Waals surface area contributed by atoms with Crippen LogP contribution in [0.15, 0.2) is 36.4 Å². The lowest BCUT2D eigenvalue weighted by molar-refractivity contribution is 0.102. The van der Waals surface area contributed by atoms with Crippen molar-refractivity contribution in [2.45, 2.75) is 20.8 Å². The highest BCUT2D eigenvalue weighted by Gasteiger charge is 2.17. The molecule has 0 saturated heterocycles. The van der Waals surface area contributed by atoms with Crippen LogP contribution in [0.2, 0.25) is 5.02 Å². The molecule has 2 aromatic carbocycles. The summed E-state index contributed by atoms with van der Waals surface area (Å²) < 4.78 is 11.0. The molecule has 0 radical (unpaired) electrons. The highest BCUT2D eigenvalue weighted by atomic mass is 35.5. The Balaban J connectivity index is 2.26. The number of ether oxygens (including phenoxy) is 2. The molecule has 0 fully saturated rings. The highest BCUT2D eigenvalue weighted by Crippen LogP contribution is 2.37. The van der Waals surface area contributed by atoms with E-state index in [1.165, 1.54) is 7.11 Å². The second-order valence-corrected chi connectivity index (χ2v) is 6.37. The Hall–Kier alpha value is -2.20. The average Bonchev–Trinajstić information content (AvgIpc) is 2.54. The quantitative estimate of drug-likeness (QED) is 0.804. The molecular formula is C19H22ClNO3. The third-order valence-corrected chi connectivity index (χ3v) is 3.73. The maximum atomic E-state index is 12.5. The zero-order valence-corrected chi connectivity index (χ0v) is 15.1. The molecule has 2 aromatic rings. The number of nitrogens with one attached hydrogen (secondary N) is 1. The predicted molar refractivity (Wildman–Crippen MR) is 97.5 cm³/mol. The molecule has 128 valence electrons. The van der Waals surface area contributed by atoms with Gasteiger partial charge in [0, 0.05) is 11.3 Å². The maximum absolute atomic E-state index is 12.5. The lowest BCUT2D eigenvalue weighted by Crippen LogP contribution is -2.13. The number of carbonyl (C=O) groups excluding carboxylic acids is 1. The zero-order valence-electron chi connectivity index (χ0n) is 14.4. The number of benzene rings is 2. The fraction of sp³-hybridized carbons (Fsp3) is 0.316. The summed E-state index contributed by atoms with van der Waals surface area (Å²) in [7, 11) is 1.52. The van der Waals surface area contributed by atoms with Gasteiger partial charge >= 0.3 is 0 Å². The number of halogens is 1. The fourth-order valence-electron chi connectivity index (χ4n) is 2.15. The topological polar surface area (TPSA) is 47.6 Å². The molecule has 5 heteroatoms. The molecule has 0 aliphatic rings. The molecule has 4 nitrogen and oxygen atoms in total. The molecule has 0 aliphatic carbocycles. The molecule has 0 aromatic heterocycles. The van der Waals surface area contributed by atoms with Gasteiger partial charge in [0.2, 0.25) is 0 Å². The number of methoxy groups -OCH3 is 1. The van der Waals surface area contributed by atoms with Gasteiger partial charge in [-0.2, -0.15) is 0 Å². The number of hydrogen-bond donors (Lipinski definition) is 1. The van der Waals surface area contributed by atoms with Crippen molar-refractivity contribution in [1.29, 1.82) is 0 Å². The minimum atomic E-state index is -0.250. The Morgan fingerprint density at radius 2 is 1.96 bits per heavy atom. The van der Waals surface area contributed by atoms with Crippen LogP contribution >= 0.6 is 11.6 Å². The molecule has 0 aliphatic heterocycles. The molecule has 0 heterocycles. The molecule has 0 bridgehead atoms. The Bertz CT molecular complexity index is 729. The number of hydrogen-bond acceptors (Lipinski definition) is 3. The van der Waals surface area contributed by atoms with Crippen molar-refractivity contribution in [3.8, 4) is 11.5 Å². The minimum Gasteiger partial charge on any atom is -0.493 e. The summed E-state index contributed by atoms with van der Waals surface area (Å²) in [5.41, 5.74) is 2.16. The van der Waals surface area contributed by atoms with Crippen molar-refractivity contribution in [3.63, 3.8) is 0 Å². The van der Waals surface area contributed by atoms with Crippen LogP contribution in [0.3, 0.4) is 0 Å². The van der Waals surface area contributed by atoms with E-state index < -0.39 is 0 Å². The van der Waals surface area contributed by atoms with Crippen molar-refractivity contribution < 1.29 is 14.3 Å². The van der Waals surface area contributed by atoms with Crippen LogP contribution in [0.4, 0.5) is 5.69 Å². The van der Waals surface area contributed by atoms with E-state index in [4.69, 9.17) is 21.1 Å². The van der Waals surface area contributed by atoms with Crippen molar-refractivity contribution >= 4 is 23.2 Å². The van der Waals surface area contributed by atoms with E-state index in [2.05, 4.69) is 5.32 Å². The van der Waals surface area contributed by atoms with Gasteiger partial charge in [0.25, 0.3) is 5.91 Å². The van der Waals surface area contributed by atoms with Crippen LogP contribution in [0.1, 0.15) is 29.8 Å². The smallest absolute Gasteiger partial charge is 0.255 e. The van der Waals surface area contributed by atoms with Crippen molar-refractivity contribution in [2.75, 3.05) is 19.0 Å². The van der Waals surface area contributed by atoms with E-state index >= 15 is 0 Å². The molecule has 0 saturated carbocycles. The van der Waals surface area contributed by atoms with Gasteiger partial charge in [-0.25, -0.2) is 0 Å². The SMILES string of the molecule is COc1cc(C(=O)Nc2ccccc2C)cc(Cl)c1OCC(C)C. The molecule has 1 N–H and O–H groups in total. The molecule has 2 rings (SSSR count). The monoisotopic (exact) mass is 347 g/mol. The minimum absolute atomic E-state index is 0.250. The van der Waals surface area contributed by atoms with Gasteiger partial charge in [0.15, 0.2) is 11.5 Å². The third-order valence-electron chi connectivity index (χ3n) is 3.45. The molecule has 0 unspecified atom stereocenters. The number of amides is 1. The number of aryl methyl sites for hydroxylation is 1. The second-order valence-electron chi connectivity index (χ2n) is 5.96. The van der Waals surface area contributed by atoms with Gasteiger partial charge < -0.3 is 14.8 Å². The van der Waals surface area contributed by atoms with Gasteiger partial charge in [-0.1, -0.05) is 43.6 Å². The van der Waals surface area contributed by atoms with E-state index in [0.717, 1.165) is 11.3 Å². The van der Waals surface area contributed by atoms with Crippen LogP contribution in [-0.4, -0.2) is 19.6 Å². The zero-order chi connectivity index (χ0) is 17.7. The summed E-state index contributed by atoms with van der Waals surface area (Å²) in [4.78, 5) is 12.5. The van der Waals surface area contributed by atoms with Crippen LogP contribution < -0.4 is 14.8 Å². The van der Waals surface area contributed by atoms with E-state index in [0.29, 0.717) is 34.6 Å². The first-order valence-electron chi connectivity index (χ1n) is 7.79. The first kappa shape index (κ1) is 18.1. The molecule has 1 amide bonds. The number of anilines is 1.